The largest absolute Gasteiger partial charge is 0.467 e. The Balaban J connectivity index is 3.12. The number of amides is 1. The van der Waals surface area contributed by atoms with Crippen molar-refractivity contribution in [2.24, 2.45) is 5.92 Å². The first-order valence-electron chi connectivity index (χ1n) is 7.70. The normalized spacial score (nSPS) is 12.6. The molecule has 0 aliphatic rings. The smallest absolute Gasteiger partial charge is 0.413 e. The van der Waals surface area contributed by atoms with Gasteiger partial charge in [-0.15, -0.1) is 0 Å². The van der Waals surface area contributed by atoms with Crippen LogP contribution in [0.2, 0.25) is 0 Å². The number of rotatable bonds is 5. The summed E-state index contributed by atoms with van der Waals surface area (Å²) >= 11 is 0. The number of carbonyl (C=O) groups excluding carboxylic acids is 2. The minimum atomic E-state index is -0.789. The highest BCUT2D eigenvalue weighted by atomic mass is 16.6. The maximum absolute atomic E-state index is 12.5. The SMILES string of the molecule is COC(=O)[C@H](CC(C)C)n1ccnc(NC(=O)OC(C)(C)C)c1=O. The van der Waals surface area contributed by atoms with Crippen molar-refractivity contribution in [2.75, 3.05) is 12.4 Å². The molecular formula is C16H25N3O5. The van der Waals surface area contributed by atoms with E-state index in [-0.39, 0.29) is 11.7 Å². The molecule has 0 saturated heterocycles. The Hall–Kier alpha value is -2.38. The molecule has 1 rings (SSSR count). The second-order valence-electron chi connectivity index (χ2n) is 6.78. The fourth-order valence-electron chi connectivity index (χ4n) is 2.06. The molecule has 8 heteroatoms. The number of carbonyl (C=O) groups is 2. The van der Waals surface area contributed by atoms with Crippen LogP contribution >= 0.6 is 0 Å². The summed E-state index contributed by atoms with van der Waals surface area (Å²) in [6.45, 7) is 8.99. The highest BCUT2D eigenvalue weighted by Gasteiger charge is 2.25. The summed E-state index contributed by atoms with van der Waals surface area (Å²) < 4.78 is 11.1. The number of anilines is 1. The summed E-state index contributed by atoms with van der Waals surface area (Å²) in [6, 6.07) is -0.787. The van der Waals surface area contributed by atoms with Crippen molar-refractivity contribution in [3.63, 3.8) is 0 Å². The second kappa shape index (κ2) is 7.94. The van der Waals surface area contributed by atoms with Crippen LogP contribution in [0, 0.1) is 5.92 Å². The molecule has 0 saturated carbocycles. The molecule has 1 heterocycles. The van der Waals surface area contributed by atoms with Gasteiger partial charge >= 0.3 is 12.1 Å². The molecule has 0 radical (unpaired) electrons. The first kappa shape index (κ1) is 19.7. The third-order valence-corrected chi connectivity index (χ3v) is 2.99. The summed E-state index contributed by atoms with van der Waals surface area (Å²) in [5, 5.41) is 2.31. The lowest BCUT2D eigenvalue weighted by molar-refractivity contribution is -0.145. The molecule has 0 aliphatic carbocycles. The number of aromatic nitrogens is 2. The van der Waals surface area contributed by atoms with E-state index in [0.29, 0.717) is 6.42 Å². The Morgan fingerprint density at radius 3 is 2.46 bits per heavy atom. The quantitative estimate of drug-likeness (QED) is 0.827. The van der Waals surface area contributed by atoms with Gasteiger partial charge in [0.2, 0.25) is 5.82 Å². The molecular weight excluding hydrogens is 314 g/mol. The summed E-state index contributed by atoms with van der Waals surface area (Å²) in [7, 11) is 1.27. The third-order valence-electron chi connectivity index (χ3n) is 2.99. The van der Waals surface area contributed by atoms with Gasteiger partial charge in [0.1, 0.15) is 11.6 Å². The van der Waals surface area contributed by atoms with Gasteiger partial charge in [-0.2, -0.15) is 0 Å². The third kappa shape index (κ3) is 5.68. The van der Waals surface area contributed by atoms with Gasteiger partial charge in [-0.05, 0) is 33.1 Å². The Kier molecular flexibility index (Phi) is 6.51. The van der Waals surface area contributed by atoms with Crippen LogP contribution in [0.15, 0.2) is 17.2 Å². The monoisotopic (exact) mass is 339 g/mol. The zero-order chi connectivity index (χ0) is 18.5. The number of nitrogens with zero attached hydrogens (tertiary/aromatic N) is 2. The van der Waals surface area contributed by atoms with Gasteiger partial charge in [0.15, 0.2) is 0 Å². The van der Waals surface area contributed by atoms with Gasteiger partial charge in [0.05, 0.1) is 7.11 Å². The molecule has 8 nitrogen and oxygen atoms in total. The number of nitrogens with one attached hydrogen (secondary N) is 1. The minimum absolute atomic E-state index is 0.163. The average molecular weight is 339 g/mol. The van der Waals surface area contributed by atoms with Crippen molar-refractivity contribution in [1.82, 2.24) is 9.55 Å². The first-order valence-corrected chi connectivity index (χ1v) is 7.70. The number of hydrogen-bond acceptors (Lipinski definition) is 6. The lowest BCUT2D eigenvalue weighted by Crippen LogP contribution is -2.35. The molecule has 1 N–H and O–H groups in total. The van der Waals surface area contributed by atoms with Crippen LogP contribution in [0.5, 0.6) is 0 Å². The Morgan fingerprint density at radius 2 is 1.96 bits per heavy atom. The molecule has 0 aromatic carbocycles. The van der Waals surface area contributed by atoms with Crippen molar-refractivity contribution in [3.05, 3.63) is 22.7 Å². The van der Waals surface area contributed by atoms with E-state index in [1.54, 1.807) is 20.8 Å². The first-order chi connectivity index (χ1) is 11.0. The van der Waals surface area contributed by atoms with E-state index in [2.05, 4.69) is 10.3 Å². The van der Waals surface area contributed by atoms with Crippen LogP contribution < -0.4 is 10.9 Å². The van der Waals surface area contributed by atoms with E-state index in [9.17, 15) is 14.4 Å². The maximum atomic E-state index is 12.5. The highest BCUT2D eigenvalue weighted by Crippen LogP contribution is 2.18. The molecule has 134 valence electrons. The molecule has 0 spiro atoms. The van der Waals surface area contributed by atoms with E-state index >= 15 is 0 Å². The molecule has 0 aliphatic heterocycles. The molecule has 0 unspecified atom stereocenters. The topological polar surface area (TPSA) is 99.5 Å². The van der Waals surface area contributed by atoms with E-state index in [1.165, 1.54) is 24.1 Å². The molecule has 1 aromatic rings. The van der Waals surface area contributed by atoms with Crippen LogP contribution in [-0.2, 0) is 14.3 Å². The minimum Gasteiger partial charge on any atom is -0.467 e. The van der Waals surface area contributed by atoms with E-state index < -0.39 is 29.3 Å². The van der Waals surface area contributed by atoms with Crippen molar-refractivity contribution < 1.29 is 19.1 Å². The van der Waals surface area contributed by atoms with Crippen molar-refractivity contribution in [2.45, 2.75) is 52.7 Å². The number of esters is 1. The van der Waals surface area contributed by atoms with Crippen molar-refractivity contribution >= 4 is 17.9 Å². The number of methoxy groups -OCH3 is 1. The Bertz CT molecular complexity index is 646. The van der Waals surface area contributed by atoms with E-state index in [4.69, 9.17) is 9.47 Å². The maximum Gasteiger partial charge on any atom is 0.413 e. The average Bonchev–Trinajstić information content (AvgIpc) is 2.44. The van der Waals surface area contributed by atoms with Gasteiger partial charge in [-0.1, -0.05) is 13.8 Å². The second-order valence-corrected chi connectivity index (χ2v) is 6.78. The van der Waals surface area contributed by atoms with Crippen molar-refractivity contribution in [1.29, 1.82) is 0 Å². The Morgan fingerprint density at radius 1 is 1.33 bits per heavy atom. The van der Waals surface area contributed by atoms with Gasteiger partial charge in [-0.25, -0.2) is 14.6 Å². The summed E-state index contributed by atoms with van der Waals surface area (Å²) in [6.07, 6.45) is 2.36. The summed E-state index contributed by atoms with van der Waals surface area (Å²) in [5.41, 5.74) is -1.30. The summed E-state index contributed by atoms with van der Waals surface area (Å²) in [5.74, 6) is -0.568. The van der Waals surface area contributed by atoms with E-state index in [1.807, 2.05) is 13.8 Å². The number of hydrogen-bond donors (Lipinski definition) is 1. The zero-order valence-electron chi connectivity index (χ0n) is 15.0. The zero-order valence-corrected chi connectivity index (χ0v) is 15.0. The van der Waals surface area contributed by atoms with E-state index in [0.717, 1.165) is 0 Å². The van der Waals surface area contributed by atoms with Crippen molar-refractivity contribution in [3.8, 4) is 0 Å². The van der Waals surface area contributed by atoms with Gasteiger partial charge in [0, 0.05) is 12.4 Å². The molecule has 1 amide bonds. The highest BCUT2D eigenvalue weighted by molar-refractivity contribution is 5.83. The fraction of sp³-hybridized carbons (Fsp3) is 0.625. The molecule has 1 aromatic heterocycles. The lowest BCUT2D eigenvalue weighted by Gasteiger charge is -2.21. The predicted octanol–water partition coefficient (Wildman–Crippen LogP) is 2.35. The van der Waals surface area contributed by atoms with Gasteiger partial charge < -0.3 is 9.47 Å². The molecule has 0 bridgehead atoms. The van der Waals surface area contributed by atoms with Crippen LogP contribution in [0.25, 0.3) is 0 Å². The van der Waals surface area contributed by atoms with Gasteiger partial charge in [-0.3, -0.25) is 14.7 Å². The fourth-order valence-corrected chi connectivity index (χ4v) is 2.06. The van der Waals surface area contributed by atoms with Gasteiger partial charge in [0.25, 0.3) is 5.56 Å². The lowest BCUT2D eigenvalue weighted by atomic mass is 10.0. The van der Waals surface area contributed by atoms with Crippen LogP contribution in [0.1, 0.15) is 47.1 Å². The molecule has 24 heavy (non-hydrogen) atoms. The van der Waals surface area contributed by atoms with Crippen LogP contribution in [0.4, 0.5) is 10.6 Å². The van der Waals surface area contributed by atoms with Crippen LogP contribution in [0.3, 0.4) is 0 Å². The molecule has 1 atom stereocenters. The van der Waals surface area contributed by atoms with Crippen LogP contribution in [-0.4, -0.2) is 34.3 Å². The summed E-state index contributed by atoms with van der Waals surface area (Å²) in [4.78, 5) is 40.2. The number of ether oxygens (including phenoxy) is 2. The predicted molar refractivity (Wildman–Crippen MR) is 88.9 cm³/mol. The molecule has 0 fully saturated rings. The Labute approximate surface area is 141 Å². The standard InChI is InChI=1S/C16H25N3O5/c1-10(2)9-11(14(21)23-6)19-8-7-17-12(13(19)20)18-15(22)24-16(3,4)5/h7-8,10-11H,9H2,1-6H3,(H,17,18,22)/t11-/m0/s1.